The molecule has 0 aromatic heterocycles. The second-order valence-corrected chi connectivity index (χ2v) is 33.0. The molecule has 100 heavy (non-hydrogen) atoms. The molecule has 0 heterocycles. The number of rotatable bonds is 80. The van der Waals surface area contributed by atoms with Crippen LogP contribution in [-0.4, -0.2) is 96.7 Å². The quantitative estimate of drug-likeness (QED) is 0.0222. The number of hydrogen-bond donors (Lipinski definition) is 3. The van der Waals surface area contributed by atoms with Crippen LogP contribution in [0.15, 0.2) is 0 Å². The van der Waals surface area contributed by atoms with Crippen molar-refractivity contribution in [1.29, 1.82) is 0 Å². The number of carbonyl (C=O) groups excluding carboxylic acids is 4. The summed E-state index contributed by atoms with van der Waals surface area (Å²) in [5.74, 6) is -0.621. The molecule has 0 fully saturated rings. The first-order valence-corrected chi connectivity index (χ1v) is 45.0. The Labute approximate surface area is 613 Å². The number of aliphatic hydroxyl groups excluding tert-OH is 1. The molecule has 2 unspecified atom stereocenters. The highest BCUT2D eigenvalue weighted by Gasteiger charge is 2.30. The zero-order valence-electron chi connectivity index (χ0n) is 65.5. The van der Waals surface area contributed by atoms with Crippen molar-refractivity contribution in [2.24, 2.45) is 11.8 Å². The van der Waals surface area contributed by atoms with Gasteiger partial charge in [-0.25, -0.2) is 9.13 Å². The van der Waals surface area contributed by atoms with E-state index >= 15 is 0 Å². The smallest absolute Gasteiger partial charge is 0.462 e. The van der Waals surface area contributed by atoms with Crippen LogP contribution >= 0.6 is 15.6 Å². The predicted molar refractivity (Wildman–Crippen MR) is 409 cm³/mol. The molecule has 0 saturated heterocycles. The molecule has 5 atom stereocenters. The van der Waals surface area contributed by atoms with Crippen LogP contribution in [0, 0.1) is 11.8 Å². The molecule has 0 aliphatic rings. The van der Waals surface area contributed by atoms with E-state index in [9.17, 15) is 43.2 Å². The zero-order chi connectivity index (χ0) is 73.5. The first-order valence-electron chi connectivity index (χ1n) is 42.0. The SMILES string of the molecule is CCCCCCCCCCCCCCCCCCCCCCCCC(=O)O[C@H](COC(=O)CCCCCCCCCCCCCCCCCCC(C)C)COP(=O)(O)OC[C@@H](O)COP(=O)(O)OC[C@@H](COC(=O)CCCCCCCCC(C)C)OC(=O)CCCCCCCCCCCC. The van der Waals surface area contributed by atoms with Crippen molar-refractivity contribution >= 4 is 39.5 Å². The summed E-state index contributed by atoms with van der Waals surface area (Å²) >= 11 is 0. The van der Waals surface area contributed by atoms with Crippen molar-refractivity contribution in [2.75, 3.05) is 39.6 Å². The molecule has 17 nitrogen and oxygen atoms in total. The zero-order valence-corrected chi connectivity index (χ0v) is 67.3. The number of phosphoric acid groups is 2. The van der Waals surface area contributed by atoms with Crippen molar-refractivity contribution in [3.05, 3.63) is 0 Å². The first-order chi connectivity index (χ1) is 48.4. The minimum atomic E-state index is -4.96. The van der Waals surface area contributed by atoms with Gasteiger partial charge in [0, 0.05) is 25.7 Å². The summed E-state index contributed by atoms with van der Waals surface area (Å²) in [6.07, 6.45) is 62.8. The van der Waals surface area contributed by atoms with E-state index in [1.165, 1.54) is 238 Å². The summed E-state index contributed by atoms with van der Waals surface area (Å²) < 4.78 is 68.6. The van der Waals surface area contributed by atoms with Crippen LogP contribution in [0.25, 0.3) is 0 Å². The summed E-state index contributed by atoms with van der Waals surface area (Å²) in [5, 5.41) is 10.6. The lowest BCUT2D eigenvalue weighted by atomic mass is 10.0. The fourth-order valence-corrected chi connectivity index (χ4v) is 14.1. The van der Waals surface area contributed by atoms with E-state index in [1.54, 1.807) is 0 Å². The monoisotopic (exact) mass is 1470 g/mol. The van der Waals surface area contributed by atoms with Gasteiger partial charge >= 0.3 is 39.5 Å². The summed E-state index contributed by atoms with van der Waals surface area (Å²) in [7, 11) is -9.91. The maximum atomic E-state index is 13.1. The Kier molecular flexibility index (Phi) is 71.2. The van der Waals surface area contributed by atoms with Crippen molar-refractivity contribution in [1.82, 2.24) is 0 Å². The van der Waals surface area contributed by atoms with Gasteiger partial charge in [0.25, 0.3) is 0 Å². The molecule has 0 aliphatic heterocycles. The van der Waals surface area contributed by atoms with Crippen LogP contribution in [0.3, 0.4) is 0 Å². The van der Waals surface area contributed by atoms with Gasteiger partial charge in [0.2, 0.25) is 0 Å². The summed E-state index contributed by atoms with van der Waals surface area (Å²) in [4.78, 5) is 72.9. The minimum Gasteiger partial charge on any atom is -0.462 e. The normalized spacial score (nSPS) is 13.9. The van der Waals surface area contributed by atoms with Crippen LogP contribution in [0.4, 0.5) is 0 Å². The molecule has 0 aliphatic carbocycles. The van der Waals surface area contributed by atoms with Crippen LogP contribution in [0.1, 0.15) is 427 Å². The topological polar surface area (TPSA) is 237 Å². The van der Waals surface area contributed by atoms with E-state index in [1.807, 2.05) is 0 Å². The van der Waals surface area contributed by atoms with Crippen molar-refractivity contribution in [2.45, 2.75) is 445 Å². The molecule has 19 heteroatoms. The van der Waals surface area contributed by atoms with Gasteiger partial charge in [0.1, 0.15) is 19.3 Å². The molecular formula is C81H158O17P2. The molecule has 0 aromatic carbocycles. The van der Waals surface area contributed by atoms with Crippen LogP contribution in [0.2, 0.25) is 0 Å². The third-order valence-electron chi connectivity index (χ3n) is 19.0. The fourth-order valence-electron chi connectivity index (χ4n) is 12.5. The van der Waals surface area contributed by atoms with Gasteiger partial charge < -0.3 is 33.8 Å². The Hall–Kier alpha value is -1.94. The number of esters is 4. The van der Waals surface area contributed by atoms with Crippen molar-refractivity contribution in [3.63, 3.8) is 0 Å². The molecule has 0 saturated carbocycles. The number of ether oxygens (including phenoxy) is 4. The second kappa shape index (κ2) is 72.6. The summed E-state index contributed by atoms with van der Waals surface area (Å²) in [6, 6.07) is 0. The van der Waals surface area contributed by atoms with E-state index in [0.717, 1.165) is 102 Å². The number of carbonyl (C=O) groups is 4. The lowest BCUT2D eigenvalue weighted by Gasteiger charge is -2.21. The molecule has 0 aromatic rings. The maximum absolute atomic E-state index is 13.1. The second-order valence-electron chi connectivity index (χ2n) is 30.1. The number of aliphatic hydroxyl groups is 1. The van der Waals surface area contributed by atoms with Crippen LogP contribution in [0.5, 0.6) is 0 Å². The van der Waals surface area contributed by atoms with E-state index in [0.29, 0.717) is 31.6 Å². The highest BCUT2D eigenvalue weighted by Crippen LogP contribution is 2.45. The summed E-state index contributed by atoms with van der Waals surface area (Å²) in [6.45, 7) is 9.56. The van der Waals surface area contributed by atoms with Gasteiger partial charge in [-0.05, 0) is 37.5 Å². The highest BCUT2D eigenvalue weighted by molar-refractivity contribution is 7.47. The Morgan fingerprint density at radius 3 is 0.680 bits per heavy atom. The van der Waals surface area contributed by atoms with Gasteiger partial charge in [-0.3, -0.25) is 37.3 Å². The third-order valence-corrected chi connectivity index (χ3v) is 20.9. The van der Waals surface area contributed by atoms with E-state index in [2.05, 4.69) is 41.5 Å². The number of unbranched alkanes of at least 4 members (excludes halogenated alkanes) is 50. The molecule has 0 amide bonds. The van der Waals surface area contributed by atoms with Crippen LogP contribution in [-0.2, 0) is 65.4 Å². The van der Waals surface area contributed by atoms with E-state index in [-0.39, 0.29) is 25.7 Å². The average molecular weight is 1470 g/mol. The molecular weight excluding hydrogens is 1310 g/mol. The Morgan fingerprint density at radius 2 is 0.460 bits per heavy atom. The number of hydrogen-bond acceptors (Lipinski definition) is 15. The van der Waals surface area contributed by atoms with Gasteiger partial charge in [0.05, 0.1) is 26.4 Å². The molecule has 0 bridgehead atoms. The lowest BCUT2D eigenvalue weighted by molar-refractivity contribution is -0.161. The fraction of sp³-hybridized carbons (Fsp3) is 0.951. The van der Waals surface area contributed by atoms with E-state index < -0.39 is 97.5 Å². The first kappa shape index (κ1) is 98.1. The molecule has 0 radical (unpaired) electrons. The average Bonchev–Trinajstić information content (AvgIpc) is 0.920. The standard InChI is InChI=1S/C81H158O17P2/c1-7-9-11-13-15-17-19-20-21-22-23-24-25-26-27-32-35-38-42-46-54-60-66-81(86)97-76(69-91-78(83)63-57-51-44-41-37-34-31-29-28-30-33-36-39-43-49-55-61-73(3)4)71-95-99(87,88)93-67-75(82)68-94-100(89,90)96-72-77(70-92-79(84)64-58-52-48-47-50-56-62-74(5)6)98-80(85)65-59-53-45-40-18-16-14-12-10-8-2/h73-77,82H,7-72H2,1-6H3,(H,87,88)(H,89,90)/t75-,76-,77-/m1/s1. The molecule has 3 N–H and O–H groups in total. The molecule has 594 valence electrons. The predicted octanol–water partition coefficient (Wildman–Crippen LogP) is 24.3. The lowest BCUT2D eigenvalue weighted by Crippen LogP contribution is -2.30. The van der Waals surface area contributed by atoms with Crippen molar-refractivity contribution in [3.8, 4) is 0 Å². The van der Waals surface area contributed by atoms with Gasteiger partial charge in [-0.1, -0.05) is 375 Å². The van der Waals surface area contributed by atoms with E-state index in [4.69, 9.17) is 37.0 Å². The Balaban J connectivity index is 5.16. The van der Waals surface area contributed by atoms with Gasteiger partial charge in [0.15, 0.2) is 12.2 Å². The highest BCUT2D eigenvalue weighted by atomic mass is 31.2. The van der Waals surface area contributed by atoms with Gasteiger partial charge in [-0.15, -0.1) is 0 Å². The van der Waals surface area contributed by atoms with Gasteiger partial charge in [-0.2, -0.15) is 0 Å². The van der Waals surface area contributed by atoms with Crippen LogP contribution < -0.4 is 0 Å². The Bertz CT molecular complexity index is 1920. The minimum absolute atomic E-state index is 0.106. The summed E-state index contributed by atoms with van der Waals surface area (Å²) in [5.41, 5.74) is 0. The molecule has 0 rings (SSSR count). The Morgan fingerprint density at radius 1 is 0.270 bits per heavy atom. The number of phosphoric ester groups is 2. The van der Waals surface area contributed by atoms with Crippen molar-refractivity contribution < 1.29 is 80.2 Å². The largest absolute Gasteiger partial charge is 0.472 e. The maximum Gasteiger partial charge on any atom is 0.472 e. The third kappa shape index (κ3) is 74.3. The molecule has 0 spiro atoms.